The van der Waals surface area contributed by atoms with Crippen LogP contribution in [0.4, 0.5) is 5.69 Å². The number of nitro groups is 1. The number of hydrogen-bond donors (Lipinski definition) is 1. The molecule has 0 saturated heterocycles. The summed E-state index contributed by atoms with van der Waals surface area (Å²) in [6.45, 7) is 0.000704. The highest BCUT2D eigenvalue weighted by atomic mass is 16.6. The van der Waals surface area contributed by atoms with Gasteiger partial charge in [0.2, 0.25) is 0 Å². The molecule has 0 amide bonds. The van der Waals surface area contributed by atoms with Crippen LogP contribution in [0.3, 0.4) is 0 Å². The summed E-state index contributed by atoms with van der Waals surface area (Å²) in [5.74, 6) is 0.351. The zero-order valence-electron chi connectivity index (χ0n) is 11.8. The SMILES string of the molecule is O=c1[nH]cc(-c2ccco2)c(=O)n1Cc1ccc([N+](=O)[O-])cc1. The average Bonchev–Trinajstić information content (AvgIpc) is 3.06. The molecule has 3 rings (SSSR count). The van der Waals surface area contributed by atoms with E-state index in [2.05, 4.69) is 4.98 Å². The van der Waals surface area contributed by atoms with Crippen molar-refractivity contribution < 1.29 is 9.34 Å². The largest absolute Gasteiger partial charge is 0.464 e. The number of furan rings is 1. The van der Waals surface area contributed by atoms with E-state index in [0.29, 0.717) is 11.3 Å². The minimum absolute atomic E-state index is 0.000704. The molecule has 0 radical (unpaired) electrons. The third-order valence-corrected chi connectivity index (χ3v) is 3.34. The first-order valence-electron chi connectivity index (χ1n) is 6.66. The van der Waals surface area contributed by atoms with Crippen LogP contribution in [-0.4, -0.2) is 14.5 Å². The Morgan fingerprint density at radius 1 is 1.17 bits per heavy atom. The summed E-state index contributed by atoms with van der Waals surface area (Å²) in [6, 6.07) is 8.91. The molecule has 0 fully saturated rings. The Bertz CT molecular complexity index is 952. The first-order chi connectivity index (χ1) is 11.1. The van der Waals surface area contributed by atoms with Gasteiger partial charge in [0.05, 0.1) is 23.3 Å². The van der Waals surface area contributed by atoms with Gasteiger partial charge >= 0.3 is 5.69 Å². The van der Waals surface area contributed by atoms with Crippen molar-refractivity contribution >= 4 is 5.69 Å². The number of non-ortho nitro benzene ring substituents is 1. The van der Waals surface area contributed by atoms with Crippen LogP contribution in [0.25, 0.3) is 11.3 Å². The highest BCUT2D eigenvalue weighted by Gasteiger charge is 2.12. The Labute approximate surface area is 128 Å². The van der Waals surface area contributed by atoms with E-state index in [0.717, 1.165) is 4.57 Å². The van der Waals surface area contributed by atoms with Crippen molar-refractivity contribution in [2.24, 2.45) is 0 Å². The molecule has 1 aromatic carbocycles. The molecule has 0 atom stereocenters. The predicted molar refractivity (Wildman–Crippen MR) is 81.2 cm³/mol. The van der Waals surface area contributed by atoms with Gasteiger partial charge in [0.25, 0.3) is 11.2 Å². The molecule has 1 N–H and O–H groups in total. The zero-order valence-corrected chi connectivity index (χ0v) is 11.8. The van der Waals surface area contributed by atoms with E-state index in [1.54, 1.807) is 12.1 Å². The molecule has 0 bridgehead atoms. The van der Waals surface area contributed by atoms with Crippen molar-refractivity contribution in [3.8, 4) is 11.3 Å². The second-order valence-corrected chi connectivity index (χ2v) is 4.80. The first kappa shape index (κ1) is 14.5. The zero-order chi connectivity index (χ0) is 16.4. The highest BCUT2D eigenvalue weighted by Crippen LogP contribution is 2.14. The Morgan fingerprint density at radius 3 is 2.52 bits per heavy atom. The smallest absolute Gasteiger partial charge is 0.328 e. The number of aromatic nitrogens is 2. The fraction of sp³-hybridized carbons (Fsp3) is 0.0667. The van der Waals surface area contributed by atoms with Crippen LogP contribution in [0, 0.1) is 10.1 Å². The third-order valence-electron chi connectivity index (χ3n) is 3.34. The topological polar surface area (TPSA) is 111 Å². The summed E-state index contributed by atoms with van der Waals surface area (Å²) in [6.07, 6.45) is 2.73. The molecule has 0 unspecified atom stereocenters. The molecule has 2 heterocycles. The molecule has 3 aromatic rings. The van der Waals surface area contributed by atoms with Gasteiger partial charge in [-0.1, -0.05) is 12.1 Å². The third kappa shape index (κ3) is 2.82. The minimum atomic E-state index is -0.566. The van der Waals surface area contributed by atoms with Crippen LogP contribution in [0.5, 0.6) is 0 Å². The van der Waals surface area contributed by atoms with E-state index in [4.69, 9.17) is 4.42 Å². The van der Waals surface area contributed by atoms with Gasteiger partial charge in [-0.2, -0.15) is 0 Å². The van der Waals surface area contributed by atoms with Gasteiger partial charge in [0.1, 0.15) is 5.76 Å². The monoisotopic (exact) mass is 313 g/mol. The maximum atomic E-state index is 12.4. The predicted octanol–water partition coefficient (Wildman–Crippen LogP) is 1.75. The minimum Gasteiger partial charge on any atom is -0.464 e. The van der Waals surface area contributed by atoms with Crippen molar-refractivity contribution in [2.75, 3.05) is 0 Å². The summed E-state index contributed by atoms with van der Waals surface area (Å²) < 4.78 is 6.19. The maximum absolute atomic E-state index is 12.4. The van der Waals surface area contributed by atoms with Gasteiger partial charge in [0.15, 0.2) is 0 Å². The van der Waals surface area contributed by atoms with E-state index >= 15 is 0 Å². The molecule has 8 heteroatoms. The molecule has 0 aliphatic heterocycles. The van der Waals surface area contributed by atoms with E-state index in [9.17, 15) is 19.7 Å². The lowest BCUT2D eigenvalue weighted by atomic mass is 10.2. The lowest BCUT2D eigenvalue weighted by Gasteiger charge is -2.06. The number of nitrogens with one attached hydrogen (secondary N) is 1. The van der Waals surface area contributed by atoms with Crippen LogP contribution >= 0.6 is 0 Å². The fourth-order valence-corrected chi connectivity index (χ4v) is 2.17. The van der Waals surface area contributed by atoms with Crippen LogP contribution < -0.4 is 11.2 Å². The lowest BCUT2D eigenvalue weighted by molar-refractivity contribution is -0.384. The van der Waals surface area contributed by atoms with Crippen molar-refractivity contribution in [2.45, 2.75) is 6.54 Å². The molecule has 0 aliphatic rings. The summed E-state index contributed by atoms with van der Waals surface area (Å²) in [5.41, 5.74) is -0.290. The van der Waals surface area contributed by atoms with E-state index in [1.165, 1.54) is 36.7 Å². The molecular formula is C15H11N3O5. The molecule has 116 valence electrons. The summed E-state index contributed by atoms with van der Waals surface area (Å²) in [5, 5.41) is 10.6. The summed E-state index contributed by atoms with van der Waals surface area (Å²) >= 11 is 0. The second kappa shape index (κ2) is 5.76. The summed E-state index contributed by atoms with van der Waals surface area (Å²) in [4.78, 5) is 37.0. The van der Waals surface area contributed by atoms with Gasteiger partial charge in [-0.25, -0.2) is 4.79 Å². The van der Waals surface area contributed by atoms with E-state index in [1.807, 2.05) is 0 Å². The molecule has 0 spiro atoms. The highest BCUT2D eigenvalue weighted by molar-refractivity contribution is 5.54. The van der Waals surface area contributed by atoms with Gasteiger partial charge < -0.3 is 9.40 Å². The molecule has 0 aliphatic carbocycles. The maximum Gasteiger partial charge on any atom is 0.328 e. The average molecular weight is 313 g/mol. The number of aromatic amines is 1. The van der Waals surface area contributed by atoms with Crippen LogP contribution in [0.15, 0.2) is 62.9 Å². The normalized spacial score (nSPS) is 10.6. The molecule has 0 saturated carbocycles. The molecule has 8 nitrogen and oxygen atoms in total. The number of nitrogens with zero attached hydrogens (tertiary/aromatic N) is 2. The Kier molecular flexibility index (Phi) is 3.63. The molecule has 2 aromatic heterocycles. The van der Waals surface area contributed by atoms with Crippen molar-refractivity contribution in [1.29, 1.82) is 0 Å². The number of nitro benzene ring substituents is 1. The van der Waals surface area contributed by atoms with Gasteiger partial charge in [-0.15, -0.1) is 0 Å². The number of rotatable bonds is 4. The number of hydrogen-bond acceptors (Lipinski definition) is 5. The Morgan fingerprint density at radius 2 is 1.91 bits per heavy atom. The van der Waals surface area contributed by atoms with Gasteiger partial charge in [-0.05, 0) is 17.7 Å². The fourth-order valence-electron chi connectivity index (χ4n) is 2.17. The van der Waals surface area contributed by atoms with Gasteiger partial charge in [0, 0.05) is 18.3 Å². The number of benzene rings is 1. The van der Waals surface area contributed by atoms with Crippen LogP contribution in [-0.2, 0) is 6.54 Å². The lowest BCUT2D eigenvalue weighted by Crippen LogP contribution is -2.35. The summed E-state index contributed by atoms with van der Waals surface area (Å²) in [7, 11) is 0. The second-order valence-electron chi connectivity index (χ2n) is 4.80. The van der Waals surface area contributed by atoms with Crippen molar-refractivity contribution in [3.63, 3.8) is 0 Å². The van der Waals surface area contributed by atoms with Crippen molar-refractivity contribution in [1.82, 2.24) is 9.55 Å². The van der Waals surface area contributed by atoms with E-state index in [-0.39, 0.29) is 17.8 Å². The Hall–Kier alpha value is -3.42. The van der Waals surface area contributed by atoms with Gasteiger partial charge in [-0.3, -0.25) is 19.5 Å². The standard InChI is InChI=1S/C15H11N3O5/c19-14-12(13-2-1-7-23-13)8-16-15(20)17(14)9-10-3-5-11(6-4-10)18(21)22/h1-8H,9H2,(H,16,20). The van der Waals surface area contributed by atoms with E-state index < -0.39 is 16.2 Å². The van der Waals surface area contributed by atoms with Crippen LogP contribution in [0.1, 0.15) is 5.56 Å². The quantitative estimate of drug-likeness (QED) is 0.582. The van der Waals surface area contributed by atoms with Crippen molar-refractivity contribution in [3.05, 3.63) is 85.4 Å². The Balaban J connectivity index is 2.00. The van der Waals surface area contributed by atoms with Crippen LogP contribution in [0.2, 0.25) is 0 Å². The first-order valence-corrected chi connectivity index (χ1v) is 6.66. The number of H-pyrrole nitrogens is 1. The molecule has 23 heavy (non-hydrogen) atoms. The molecular weight excluding hydrogens is 302 g/mol.